The van der Waals surface area contributed by atoms with Crippen molar-refractivity contribution in [1.82, 2.24) is 5.32 Å². The van der Waals surface area contributed by atoms with E-state index in [0.717, 1.165) is 17.4 Å². The first-order valence-electron chi connectivity index (χ1n) is 6.54. The molecule has 5 nitrogen and oxygen atoms in total. The van der Waals surface area contributed by atoms with Crippen LogP contribution in [0.25, 0.3) is 0 Å². The highest BCUT2D eigenvalue weighted by Crippen LogP contribution is 2.22. The second-order valence-electron chi connectivity index (χ2n) is 4.52. The standard InChI is InChI=1S/C16H17NO4/c1-21-15-5-3-2-4-11(15)8-9-17-16(20)13-7-6-12(18)10-14(13)19/h2-7,10,18-19H,8-9H2,1H3,(H,17,20). The molecule has 2 aromatic rings. The zero-order valence-electron chi connectivity index (χ0n) is 11.7. The van der Waals surface area contributed by atoms with Crippen molar-refractivity contribution < 1.29 is 19.7 Å². The number of nitrogens with one attached hydrogen (secondary N) is 1. The quantitative estimate of drug-likeness (QED) is 0.786. The van der Waals surface area contributed by atoms with Crippen molar-refractivity contribution in [3.05, 3.63) is 53.6 Å². The lowest BCUT2D eigenvalue weighted by molar-refractivity contribution is 0.0951. The molecular formula is C16H17NO4. The van der Waals surface area contributed by atoms with Crippen LogP contribution in [0.1, 0.15) is 15.9 Å². The summed E-state index contributed by atoms with van der Waals surface area (Å²) in [6.07, 6.45) is 0.620. The monoisotopic (exact) mass is 287 g/mol. The summed E-state index contributed by atoms with van der Waals surface area (Å²) in [5, 5.41) is 21.5. The van der Waals surface area contributed by atoms with Crippen LogP contribution in [0.4, 0.5) is 0 Å². The van der Waals surface area contributed by atoms with Crippen molar-refractivity contribution in [2.24, 2.45) is 0 Å². The normalized spacial score (nSPS) is 10.1. The Kier molecular flexibility index (Phi) is 4.66. The molecule has 0 aliphatic heterocycles. The van der Waals surface area contributed by atoms with E-state index in [1.54, 1.807) is 7.11 Å². The van der Waals surface area contributed by atoms with Crippen molar-refractivity contribution in [1.29, 1.82) is 0 Å². The second kappa shape index (κ2) is 6.65. The molecule has 0 unspecified atom stereocenters. The maximum absolute atomic E-state index is 11.9. The Morgan fingerprint density at radius 1 is 1.19 bits per heavy atom. The zero-order chi connectivity index (χ0) is 15.2. The summed E-state index contributed by atoms with van der Waals surface area (Å²) < 4.78 is 5.24. The fourth-order valence-corrected chi connectivity index (χ4v) is 2.03. The molecule has 1 amide bonds. The second-order valence-corrected chi connectivity index (χ2v) is 4.52. The SMILES string of the molecule is COc1ccccc1CCNC(=O)c1ccc(O)cc1O. The number of methoxy groups -OCH3 is 1. The van der Waals surface area contributed by atoms with Crippen LogP contribution >= 0.6 is 0 Å². The fourth-order valence-electron chi connectivity index (χ4n) is 2.03. The molecule has 0 aromatic heterocycles. The molecular weight excluding hydrogens is 270 g/mol. The minimum atomic E-state index is -0.387. The Labute approximate surface area is 122 Å². The first kappa shape index (κ1) is 14.7. The number of carbonyl (C=O) groups is 1. The molecule has 0 saturated carbocycles. The third-order valence-corrected chi connectivity index (χ3v) is 3.10. The molecule has 3 N–H and O–H groups in total. The molecule has 0 aliphatic carbocycles. The number of carbonyl (C=O) groups excluding carboxylic acids is 1. The molecule has 0 aliphatic rings. The van der Waals surface area contributed by atoms with E-state index in [9.17, 15) is 15.0 Å². The fraction of sp³-hybridized carbons (Fsp3) is 0.188. The average Bonchev–Trinajstić information content (AvgIpc) is 2.47. The maximum atomic E-state index is 11.9. The number of hydrogen-bond acceptors (Lipinski definition) is 4. The van der Waals surface area contributed by atoms with Gasteiger partial charge in [-0.05, 0) is 30.2 Å². The van der Waals surface area contributed by atoms with Crippen LogP contribution in [-0.2, 0) is 6.42 Å². The first-order chi connectivity index (χ1) is 10.1. The summed E-state index contributed by atoms with van der Waals surface area (Å²) in [6.45, 7) is 0.416. The topological polar surface area (TPSA) is 78.8 Å². The van der Waals surface area contributed by atoms with Crippen LogP contribution < -0.4 is 10.1 Å². The lowest BCUT2D eigenvalue weighted by atomic mass is 10.1. The highest BCUT2D eigenvalue weighted by atomic mass is 16.5. The maximum Gasteiger partial charge on any atom is 0.255 e. The van der Waals surface area contributed by atoms with Gasteiger partial charge in [-0.1, -0.05) is 18.2 Å². The van der Waals surface area contributed by atoms with Gasteiger partial charge in [0.1, 0.15) is 17.2 Å². The Morgan fingerprint density at radius 2 is 1.95 bits per heavy atom. The Balaban J connectivity index is 1.95. The summed E-state index contributed by atoms with van der Waals surface area (Å²) in [5.74, 6) is 0.0597. The first-order valence-corrected chi connectivity index (χ1v) is 6.54. The Bertz CT molecular complexity index is 640. The summed E-state index contributed by atoms with van der Waals surface area (Å²) in [6, 6.07) is 11.5. The summed E-state index contributed by atoms with van der Waals surface area (Å²) >= 11 is 0. The van der Waals surface area contributed by atoms with Crippen molar-refractivity contribution >= 4 is 5.91 Å². The lowest BCUT2D eigenvalue weighted by Crippen LogP contribution is -2.25. The molecule has 110 valence electrons. The molecule has 0 bridgehead atoms. The number of para-hydroxylation sites is 1. The number of phenolic OH excluding ortho intramolecular Hbond substituents is 2. The summed E-state index contributed by atoms with van der Waals surface area (Å²) in [7, 11) is 1.60. The van der Waals surface area contributed by atoms with Crippen molar-refractivity contribution in [2.45, 2.75) is 6.42 Å². The Hall–Kier alpha value is -2.69. The molecule has 0 heterocycles. The van der Waals surface area contributed by atoms with E-state index in [2.05, 4.69) is 5.32 Å². The van der Waals surface area contributed by atoms with Crippen LogP contribution in [0.2, 0.25) is 0 Å². The van der Waals surface area contributed by atoms with Gasteiger partial charge in [-0.25, -0.2) is 0 Å². The van der Waals surface area contributed by atoms with Crippen LogP contribution in [0.15, 0.2) is 42.5 Å². The third kappa shape index (κ3) is 3.66. The van der Waals surface area contributed by atoms with Gasteiger partial charge in [-0.15, -0.1) is 0 Å². The number of rotatable bonds is 5. The highest BCUT2D eigenvalue weighted by molar-refractivity contribution is 5.96. The number of amides is 1. The van der Waals surface area contributed by atoms with Crippen molar-refractivity contribution in [2.75, 3.05) is 13.7 Å². The van der Waals surface area contributed by atoms with Gasteiger partial charge in [0, 0.05) is 12.6 Å². The number of aromatic hydroxyl groups is 2. The van der Waals surface area contributed by atoms with Crippen LogP contribution in [0.3, 0.4) is 0 Å². The molecule has 0 saturated heterocycles. The van der Waals surface area contributed by atoms with E-state index in [0.29, 0.717) is 13.0 Å². The molecule has 0 spiro atoms. The number of ether oxygens (including phenoxy) is 1. The Morgan fingerprint density at radius 3 is 2.67 bits per heavy atom. The van der Waals surface area contributed by atoms with Gasteiger partial charge in [-0.2, -0.15) is 0 Å². The average molecular weight is 287 g/mol. The molecule has 0 radical (unpaired) electrons. The minimum Gasteiger partial charge on any atom is -0.508 e. The number of phenols is 2. The number of benzene rings is 2. The van der Waals surface area contributed by atoms with Crippen molar-refractivity contribution in [3.63, 3.8) is 0 Å². The van der Waals surface area contributed by atoms with Gasteiger partial charge in [0.15, 0.2) is 0 Å². The van der Waals surface area contributed by atoms with Gasteiger partial charge < -0.3 is 20.3 Å². The van der Waals surface area contributed by atoms with E-state index in [4.69, 9.17) is 4.74 Å². The van der Waals surface area contributed by atoms with E-state index >= 15 is 0 Å². The van der Waals surface area contributed by atoms with Gasteiger partial charge >= 0.3 is 0 Å². The van der Waals surface area contributed by atoms with Crippen LogP contribution in [0, 0.1) is 0 Å². The van der Waals surface area contributed by atoms with Gasteiger partial charge in [-0.3, -0.25) is 4.79 Å². The molecule has 0 fully saturated rings. The number of hydrogen-bond donors (Lipinski definition) is 3. The smallest absolute Gasteiger partial charge is 0.255 e. The van der Waals surface area contributed by atoms with Gasteiger partial charge in [0.25, 0.3) is 5.91 Å². The van der Waals surface area contributed by atoms with E-state index < -0.39 is 0 Å². The van der Waals surface area contributed by atoms with Gasteiger partial charge in [0.2, 0.25) is 0 Å². The van der Waals surface area contributed by atoms with Crippen LogP contribution in [0.5, 0.6) is 17.2 Å². The van der Waals surface area contributed by atoms with Crippen molar-refractivity contribution in [3.8, 4) is 17.2 Å². The summed E-state index contributed by atoms with van der Waals surface area (Å²) in [5.41, 5.74) is 1.13. The van der Waals surface area contributed by atoms with E-state index in [1.807, 2.05) is 24.3 Å². The largest absolute Gasteiger partial charge is 0.508 e. The van der Waals surface area contributed by atoms with Gasteiger partial charge in [0.05, 0.1) is 12.7 Å². The minimum absolute atomic E-state index is 0.0851. The summed E-state index contributed by atoms with van der Waals surface area (Å²) in [4.78, 5) is 11.9. The third-order valence-electron chi connectivity index (χ3n) is 3.10. The predicted molar refractivity (Wildman–Crippen MR) is 78.8 cm³/mol. The molecule has 21 heavy (non-hydrogen) atoms. The molecule has 2 aromatic carbocycles. The van der Waals surface area contributed by atoms with E-state index in [1.165, 1.54) is 12.1 Å². The lowest BCUT2D eigenvalue weighted by Gasteiger charge is -2.10. The molecule has 0 atom stereocenters. The zero-order valence-corrected chi connectivity index (χ0v) is 11.7. The highest BCUT2D eigenvalue weighted by Gasteiger charge is 2.11. The molecule has 5 heteroatoms. The predicted octanol–water partition coefficient (Wildman–Crippen LogP) is 2.08. The van der Waals surface area contributed by atoms with Crippen LogP contribution in [-0.4, -0.2) is 29.8 Å². The molecule has 2 rings (SSSR count). The van der Waals surface area contributed by atoms with E-state index in [-0.39, 0.29) is 23.0 Å².